The number of hydrogen-bond donors (Lipinski definition) is 3. The van der Waals surface area contributed by atoms with Crippen molar-refractivity contribution in [1.82, 2.24) is 4.98 Å². The maximum absolute atomic E-state index is 14.9. The Balaban J connectivity index is 1.66. The number of phenols is 1. The number of fused-ring (bicyclic) bond motifs is 1. The van der Waals surface area contributed by atoms with Crippen LogP contribution in [0.15, 0.2) is 60.8 Å². The first-order chi connectivity index (χ1) is 16.8. The number of ether oxygens (including phenoxy) is 3. The maximum Gasteiger partial charge on any atom is 0.417 e. The quantitative estimate of drug-likeness (QED) is 0.331. The van der Waals surface area contributed by atoms with Crippen molar-refractivity contribution in [3.8, 4) is 28.7 Å². The number of para-hydroxylation sites is 1. The van der Waals surface area contributed by atoms with E-state index in [1.165, 1.54) is 31.5 Å². The molecule has 0 aliphatic heterocycles. The lowest BCUT2D eigenvalue weighted by atomic mass is 10.1. The van der Waals surface area contributed by atoms with Gasteiger partial charge in [0.2, 0.25) is 5.75 Å². The third-order valence-corrected chi connectivity index (χ3v) is 5.22. The summed E-state index contributed by atoms with van der Waals surface area (Å²) >= 11 is 6.15. The molecule has 4 aromatic rings. The van der Waals surface area contributed by atoms with E-state index in [2.05, 4.69) is 10.3 Å². The summed E-state index contributed by atoms with van der Waals surface area (Å²) in [5, 5.41) is 12.7. The molecule has 0 saturated carbocycles. The fourth-order valence-corrected chi connectivity index (χ4v) is 3.41. The van der Waals surface area contributed by atoms with Gasteiger partial charge in [-0.3, -0.25) is 15.1 Å². The number of nitrogens with one attached hydrogen (secondary N) is 1. The highest BCUT2D eigenvalue weighted by Gasteiger charge is 2.22. The molecule has 1 heterocycles. The number of aromatic hydroxyl groups is 1. The van der Waals surface area contributed by atoms with Crippen molar-refractivity contribution >= 4 is 40.2 Å². The Bertz CT molecular complexity index is 1450. The Morgan fingerprint density at radius 3 is 2.54 bits per heavy atom. The van der Waals surface area contributed by atoms with Crippen LogP contribution in [0.25, 0.3) is 10.9 Å². The lowest BCUT2D eigenvalue weighted by Crippen LogP contribution is -2.17. The number of pyridine rings is 1. The molecule has 2 amide bonds. The van der Waals surface area contributed by atoms with Crippen molar-refractivity contribution < 1.29 is 33.3 Å². The summed E-state index contributed by atoms with van der Waals surface area (Å²) < 4.78 is 30.8. The van der Waals surface area contributed by atoms with E-state index in [1.54, 1.807) is 30.3 Å². The normalized spacial score (nSPS) is 10.6. The summed E-state index contributed by atoms with van der Waals surface area (Å²) in [4.78, 5) is 28.1. The van der Waals surface area contributed by atoms with Crippen LogP contribution in [-0.2, 0) is 0 Å². The molecule has 0 aliphatic rings. The molecule has 4 N–H and O–H groups in total. The molecule has 9 nitrogen and oxygen atoms in total. The van der Waals surface area contributed by atoms with E-state index >= 15 is 0 Å². The third kappa shape index (κ3) is 4.87. The minimum absolute atomic E-state index is 0.0506. The molecule has 11 heteroatoms. The molecule has 35 heavy (non-hydrogen) atoms. The molecule has 4 rings (SSSR count). The predicted octanol–water partition coefficient (Wildman–Crippen LogP) is 5.24. The van der Waals surface area contributed by atoms with E-state index in [0.717, 1.165) is 6.07 Å². The Kier molecular flexibility index (Phi) is 6.56. The minimum Gasteiger partial charge on any atom is -0.503 e. The number of aromatic nitrogens is 1. The highest BCUT2D eigenvalue weighted by molar-refractivity contribution is 6.35. The van der Waals surface area contributed by atoms with Gasteiger partial charge in [0.25, 0.3) is 5.91 Å². The molecule has 1 aromatic heterocycles. The summed E-state index contributed by atoms with van der Waals surface area (Å²) in [6.45, 7) is 0. The molecule has 0 fully saturated rings. The van der Waals surface area contributed by atoms with Crippen molar-refractivity contribution in [3.05, 3.63) is 77.2 Å². The molecule has 0 bridgehead atoms. The lowest BCUT2D eigenvalue weighted by Gasteiger charge is -2.15. The van der Waals surface area contributed by atoms with Crippen LogP contribution in [0.3, 0.4) is 0 Å². The lowest BCUT2D eigenvalue weighted by molar-refractivity contribution is 0.0997. The number of carbonyl (C=O) groups excluding carboxylic acids is 2. The predicted molar refractivity (Wildman–Crippen MR) is 126 cm³/mol. The molecule has 0 saturated heterocycles. The van der Waals surface area contributed by atoms with Crippen LogP contribution in [0.5, 0.6) is 28.7 Å². The molecule has 178 valence electrons. The maximum atomic E-state index is 14.9. The third-order valence-electron chi connectivity index (χ3n) is 4.84. The van der Waals surface area contributed by atoms with Gasteiger partial charge >= 0.3 is 6.09 Å². The van der Waals surface area contributed by atoms with Crippen LogP contribution in [0.2, 0.25) is 5.02 Å². The zero-order valence-corrected chi connectivity index (χ0v) is 18.8. The monoisotopic (exact) mass is 497 g/mol. The fourth-order valence-electron chi connectivity index (χ4n) is 3.22. The number of nitrogens with zero attached hydrogens (tertiary/aromatic N) is 1. The number of hydrogen-bond acceptors (Lipinski definition) is 7. The van der Waals surface area contributed by atoms with Crippen LogP contribution in [0.1, 0.15) is 10.4 Å². The molecule has 0 aliphatic carbocycles. The average Bonchev–Trinajstić information content (AvgIpc) is 2.84. The number of primary amides is 1. The van der Waals surface area contributed by atoms with Gasteiger partial charge in [0.15, 0.2) is 11.6 Å². The van der Waals surface area contributed by atoms with E-state index in [1.807, 2.05) is 0 Å². The molecule has 0 atom stereocenters. The van der Waals surface area contributed by atoms with E-state index in [4.69, 9.17) is 31.5 Å². The number of amides is 2. The Morgan fingerprint density at radius 2 is 1.86 bits per heavy atom. The van der Waals surface area contributed by atoms with Gasteiger partial charge in [-0.05, 0) is 24.3 Å². The molecular formula is C24H17ClFN3O6. The van der Waals surface area contributed by atoms with Gasteiger partial charge < -0.3 is 25.1 Å². The molecular weight excluding hydrogens is 481 g/mol. The molecule has 0 spiro atoms. The Hall–Kier alpha value is -4.57. The van der Waals surface area contributed by atoms with Crippen LogP contribution >= 0.6 is 11.6 Å². The Labute approximate surface area is 202 Å². The van der Waals surface area contributed by atoms with Gasteiger partial charge in [-0.15, -0.1) is 0 Å². The second-order valence-electron chi connectivity index (χ2n) is 7.07. The van der Waals surface area contributed by atoms with Crippen LogP contribution in [0.4, 0.5) is 14.9 Å². The number of anilines is 1. The van der Waals surface area contributed by atoms with Gasteiger partial charge in [-0.25, -0.2) is 9.18 Å². The van der Waals surface area contributed by atoms with Crippen molar-refractivity contribution in [2.45, 2.75) is 0 Å². The SMILES string of the molecule is COc1cc2nccc(Oc3c(F)cc(NC(=O)Oc4ccccc4)c(Cl)c3O)c2cc1C(N)=O. The fraction of sp³-hybridized carbons (Fsp3) is 0.0417. The van der Waals surface area contributed by atoms with Gasteiger partial charge in [0, 0.05) is 23.7 Å². The first-order valence-corrected chi connectivity index (χ1v) is 10.4. The number of nitrogens with two attached hydrogens (primary N) is 1. The summed E-state index contributed by atoms with van der Waals surface area (Å²) in [5.41, 5.74) is 5.59. The van der Waals surface area contributed by atoms with E-state index in [9.17, 15) is 19.1 Å². The first-order valence-electron chi connectivity index (χ1n) is 9.97. The summed E-state index contributed by atoms with van der Waals surface area (Å²) in [5.74, 6) is -2.67. The first kappa shape index (κ1) is 23.6. The van der Waals surface area contributed by atoms with Crippen LogP contribution in [-0.4, -0.2) is 29.2 Å². The van der Waals surface area contributed by atoms with Gasteiger partial charge in [0.1, 0.15) is 22.3 Å². The number of halogens is 2. The largest absolute Gasteiger partial charge is 0.503 e. The van der Waals surface area contributed by atoms with Crippen molar-refractivity contribution in [3.63, 3.8) is 0 Å². The highest BCUT2D eigenvalue weighted by Crippen LogP contribution is 2.44. The second kappa shape index (κ2) is 9.74. The highest BCUT2D eigenvalue weighted by atomic mass is 35.5. The van der Waals surface area contributed by atoms with Crippen molar-refractivity contribution in [1.29, 1.82) is 0 Å². The molecule has 3 aromatic carbocycles. The standard InChI is InChI=1S/C24H17ClFN3O6/c1-33-19-11-16-13(9-14(19)23(27)31)18(7-8-28-16)35-22-15(26)10-17(20(25)21(22)30)29-24(32)34-12-5-3-2-4-6-12/h2-11,30H,1H3,(H2,27,31)(H,29,32). The van der Waals surface area contributed by atoms with Gasteiger partial charge in [0.05, 0.1) is 23.9 Å². The minimum atomic E-state index is -1.03. The molecule has 0 unspecified atom stereocenters. The van der Waals surface area contributed by atoms with Gasteiger partial charge in [-0.1, -0.05) is 29.8 Å². The van der Waals surface area contributed by atoms with Gasteiger partial charge in [-0.2, -0.15) is 0 Å². The summed E-state index contributed by atoms with van der Waals surface area (Å²) in [7, 11) is 1.37. The van der Waals surface area contributed by atoms with E-state index in [-0.39, 0.29) is 33.5 Å². The zero-order valence-electron chi connectivity index (χ0n) is 18.0. The zero-order chi connectivity index (χ0) is 25.1. The number of rotatable bonds is 6. The topological polar surface area (TPSA) is 133 Å². The van der Waals surface area contributed by atoms with E-state index in [0.29, 0.717) is 10.9 Å². The van der Waals surface area contributed by atoms with E-state index < -0.39 is 29.3 Å². The van der Waals surface area contributed by atoms with Crippen LogP contribution in [0, 0.1) is 5.82 Å². The summed E-state index contributed by atoms with van der Waals surface area (Å²) in [6, 6.07) is 13.3. The second-order valence-corrected chi connectivity index (χ2v) is 7.45. The molecule has 0 radical (unpaired) electrons. The average molecular weight is 498 g/mol. The van der Waals surface area contributed by atoms with Crippen LogP contribution < -0.4 is 25.3 Å². The Morgan fingerprint density at radius 1 is 1.11 bits per heavy atom. The number of methoxy groups -OCH3 is 1. The number of benzene rings is 3. The smallest absolute Gasteiger partial charge is 0.417 e. The number of phenolic OH excluding ortho intramolecular Hbond substituents is 1. The van der Waals surface area contributed by atoms with Crippen molar-refractivity contribution in [2.24, 2.45) is 5.73 Å². The summed E-state index contributed by atoms with van der Waals surface area (Å²) in [6.07, 6.45) is 0.436. The van der Waals surface area contributed by atoms with Crippen molar-refractivity contribution in [2.75, 3.05) is 12.4 Å². The number of carbonyl (C=O) groups is 2.